The minimum absolute atomic E-state index is 0.0618. The van der Waals surface area contributed by atoms with Crippen LogP contribution in [0.25, 0.3) is 0 Å². The number of unbranched alkanes of at least 4 members (excludes halogenated alkanes) is 2. The number of nitrogens with two attached hydrogens (primary N) is 3. The van der Waals surface area contributed by atoms with Crippen molar-refractivity contribution >= 4 is 15.8 Å². The molecule has 6 N–H and O–H groups in total. The van der Waals surface area contributed by atoms with Crippen molar-refractivity contribution in [3.8, 4) is 0 Å². The molecular weight excluding hydrogens is 276 g/mol. The molecule has 0 heterocycles. The molecule has 0 unspecified atom stereocenters. The Morgan fingerprint density at radius 2 is 1.75 bits per heavy atom. The van der Waals surface area contributed by atoms with Gasteiger partial charge in [-0.25, -0.2) is 8.42 Å². The third-order valence-corrected chi connectivity index (χ3v) is 4.30. The zero-order valence-electron chi connectivity index (χ0n) is 11.2. The van der Waals surface area contributed by atoms with Gasteiger partial charge in [-0.3, -0.25) is 4.99 Å². The summed E-state index contributed by atoms with van der Waals surface area (Å²) in [5.74, 6) is 0.0618. The van der Waals surface area contributed by atoms with E-state index in [9.17, 15) is 8.42 Å². The minimum Gasteiger partial charge on any atom is -0.389 e. The van der Waals surface area contributed by atoms with Crippen LogP contribution in [0.1, 0.15) is 19.3 Å². The fraction of sp³-hybridized carbons (Fsp3) is 0.308. The number of benzene rings is 1. The molecule has 0 atom stereocenters. The number of sulfone groups is 1. The van der Waals surface area contributed by atoms with Gasteiger partial charge in [-0.15, -0.1) is 0 Å². The molecule has 0 bridgehead atoms. The van der Waals surface area contributed by atoms with Crippen molar-refractivity contribution in [2.75, 3.05) is 6.54 Å². The van der Waals surface area contributed by atoms with Crippen molar-refractivity contribution in [3.63, 3.8) is 0 Å². The highest BCUT2D eigenvalue weighted by molar-refractivity contribution is 7.95. The van der Waals surface area contributed by atoms with Crippen LogP contribution in [-0.4, -0.2) is 20.9 Å². The third-order valence-electron chi connectivity index (χ3n) is 2.62. The molecule has 7 heteroatoms. The molecule has 0 aliphatic heterocycles. The average molecular weight is 296 g/mol. The molecule has 0 saturated carbocycles. The number of hydrogen-bond donors (Lipinski definition) is 3. The molecule has 0 saturated heterocycles. The maximum absolute atomic E-state index is 12.1. The smallest absolute Gasteiger partial charge is 0.220 e. The summed E-state index contributed by atoms with van der Waals surface area (Å²) in [4.78, 5) is 4.04. The molecule has 0 fully saturated rings. The Morgan fingerprint density at radius 3 is 2.35 bits per heavy atom. The molecule has 1 aromatic rings. The zero-order valence-corrected chi connectivity index (χ0v) is 12.0. The highest BCUT2D eigenvalue weighted by Crippen LogP contribution is 2.16. The van der Waals surface area contributed by atoms with Crippen LogP contribution < -0.4 is 17.2 Å². The highest BCUT2D eigenvalue weighted by atomic mass is 32.2. The van der Waals surface area contributed by atoms with Gasteiger partial charge < -0.3 is 17.2 Å². The largest absolute Gasteiger partial charge is 0.389 e. The van der Waals surface area contributed by atoms with Gasteiger partial charge in [0.2, 0.25) is 9.84 Å². The number of allylic oxidation sites excluding steroid dienone is 1. The van der Waals surface area contributed by atoms with Crippen LogP contribution in [0.2, 0.25) is 0 Å². The Kier molecular flexibility index (Phi) is 6.05. The molecular formula is C13H20N4O2S. The molecule has 6 nitrogen and oxygen atoms in total. The molecule has 0 radical (unpaired) electrons. The number of aliphatic imine (C=N–C) groups is 1. The van der Waals surface area contributed by atoms with Crippen LogP contribution in [0.5, 0.6) is 0 Å². The van der Waals surface area contributed by atoms with Crippen molar-refractivity contribution < 1.29 is 8.42 Å². The van der Waals surface area contributed by atoms with E-state index >= 15 is 0 Å². The number of rotatable bonds is 7. The lowest BCUT2D eigenvalue weighted by Crippen LogP contribution is -2.22. The van der Waals surface area contributed by atoms with Gasteiger partial charge in [0.05, 0.1) is 4.90 Å². The van der Waals surface area contributed by atoms with E-state index in [1.165, 1.54) is 18.2 Å². The van der Waals surface area contributed by atoms with Gasteiger partial charge in [-0.2, -0.15) is 0 Å². The maximum atomic E-state index is 12.1. The topological polar surface area (TPSA) is 125 Å². The van der Waals surface area contributed by atoms with Gasteiger partial charge in [0.25, 0.3) is 0 Å². The van der Waals surface area contributed by atoms with Crippen LogP contribution in [0.4, 0.5) is 0 Å². The first-order valence-electron chi connectivity index (χ1n) is 6.26. The Morgan fingerprint density at radius 1 is 1.10 bits per heavy atom. The summed E-state index contributed by atoms with van der Waals surface area (Å²) in [6.45, 7) is 0.529. The second-order valence-electron chi connectivity index (χ2n) is 4.23. The predicted octanol–water partition coefficient (Wildman–Crippen LogP) is 0.704. The Bertz CT molecular complexity index is 576. The monoisotopic (exact) mass is 296 g/mol. The normalized spacial score (nSPS) is 12.1. The van der Waals surface area contributed by atoms with Crippen molar-refractivity contribution in [1.29, 1.82) is 0 Å². The maximum Gasteiger partial charge on any atom is 0.220 e. The Balaban J connectivity index is 2.55. The minimum atomic E-state index is -3.57. The Labute approximate surface area is 119 Å². The van der Waals surface area contributed by atoms with E-state index in [0.29, 0.717) is 13.0 Å². The first-order valence-corrected chi connectivity index (χ1v) is 7.74. The second kappa shape index (κ2) is 7.54. The summed E-state index contributed by atoms with van der Waals surface area (Å²) in [6.07, 6.45) is 3.63. The number of nitrogens with zero attached hydrogens (tertiary/aromatic N) is 1. The highest BCUT2D eigenvalue weighted by Gasteiger charge is 2.16. The van der Waals surface area contributed by atoms with E-state index in [1.807, 2.05) is 0 Å². The molecule has 0 spiro atoms. The van der Waals surface area contributed by atoms with Crippen molar-refractivity contribution in [1.82, 2.24) is 0 Å². The van der Waals surface area contributed by atoms with Crippen molar-refractivity contribution in [3.05, 3.63) is 41.4 Å². The second-order valence-corrected chi connectivity index (χ2v) is 6.18. The summed E-state index contributed by atoms with van der Waals surface area (Å²) in [5.41, 5.74) is 16.0. The number of guanidine groups is 1. The molecule has 0 amide bonds. The summed E-state index contributed by atoms with van der Waals surface area (Å²) < 4.78 is 24.2. The zero-order chi connectivity index (χ0) is 15.0. The molecule has 0 aliphatic carbocycles. The lowest BCUT2D eigenvalue weighted by Gasteiger charge is -2.04. The van der Waals surface area contributed by atoms with Crippen LogP contribution in [0.15, 0.2) is 51.3 Å². The van der Waals surface area contributed by atoms with Gasteiger partial charge >= 0.3 is 0 Å². The van der Waals surface area contributed by atoms with E-state index in [1.54, 1.807) is 18.2 Å². The van der Waals surface area contributed by atoms with E-state index in [4.69, 9.17) is 17.2 Å². The molecule has 110 valence electrons. The summed E-state index contributed by atoms with van der Waals surface area (Å²) >= 11 is 0. The number of hydrogen-bond acceptors (Lipinski definition) is 4. The average Bonchev–Trinajstić information content (AvgIpc) is 2.43. The van der Waals surface area contributed by atoms with E-state index < -0.39 is 9.84 Å². The molecule has 1 aromatic carbocycles. The van der Waals surface area contributed by atoms with Gasteiger partial charge in [0.1, 0.15) is 5.03 Å². The predicted molar refractivity (Wildman–Crippen MR) is 80.4 cm³/mol. The molecule has 1 rings (SSSR count). The SMILES string of the molecule is NC(=CCCCCN=C(N)N)S(=O)(=O)c1ccccc1. The first-order chi connectivity index (χ1) is 9.44. The van der Waals surface area contributed by atoms with Crippen LogP contribution in [0.3, 0.4) is 0 Å². The quantitative estimate of drug-likeness (QED) is 0.388. The van der Waals surface area contributed by atoms with Crippen molar-refractivity contribution in [2.45, 2.75) is 24.2 Å². The van der Waals surface area contributed by atoms with Crippen LogP contribution in [-0.2, 0) is 9.84 Å². The Hall–Kier alpha value is -2.02. The standard InChI is InChI=1S/C13H20N4O2S/c14-12(9-5-2-6-10-17-13(15)16)20(18,19)11-7-3-1-4-8-11/h1,3-4,7-9H,2,5-6,10,14H2,(H4,15,16,17). The lowest BCUT2D eigenvalue weighted by molar-refractivity contribution is 0.601. The molecule has 0 aromatic heterocycles. The van der Waals surface area contributed by atoms with Gasteiger partial charge in [0, 0.05) is 6.54 Å². The van der Waals surface area contributed by atoms with E-state index in [0.717, 1.165) is 12.8 Å². The van der Waals surface area contributed by atoms with Gasteiger partial charge in [0.15, 0.2) is 5.96 Å². The van der Waals surface area contributed by atoms with Gasteiger partial charge in [-0.05, 0) is 37.5 Å². The molecule has 20 heavy (non-hydrogen) atoms. The van der Waals surface area contributed by atoms with Crippen LogP contribution >= 0.6 is 0 Å². The fourth-order valence-corrected chi connectivity index (χ4v) is 2.68. The summed E-state index contributed by atoms with van der Waals surface area (Å²) in [6, 6.07) is 8.12. The summed E-state index contributed by atoms with van der Waals surface area (Å²) in [7, 11) is -3.57. The molecule has 0 aliphatic rings. The fourth-order valence-electron chi connectivity index (χ4n) is 1.55. The van der Waals surface area contributed by atoms with Crippen molar-refractivity contribution in [2.24, 2.45) is 22.2 Å². The van der Waals surface area contributed by atoms with Crippen LogP contribution in [0, 0.1) is 0 Å². The van der Waals surface area contributed by atoms with Gasteiger partial charge in [-0.1, -0.05) is 18.2 Å². The lowest BCUT2D eigenvalue weighted by atomic mass is 10.2. The van der Waals surface area contributed by atoms with E-state index in [-0.39, 0.29) is 15.9 Å². The third kappa shape index (κ3) is 4.93. The first kappa shape index (κ1) is 16.0. The summed E-state index contributed by atoms with van der Waals surface area (Å²) in [5, 5.41) is -0.120. The van der Waals surface area contributed by atoms with E-state index in [2.05, 4.69) is 4.99 Å².